The van der Waals surface area contributed by atoms with Gasteiger partial charge in [-0.1, -0.05) is 0 Å². The van der Waals surface area contributed by atoms with Crippen molar-refractivity contribution in [3.63, 3.8) is 0 Å². The molecule has 0 aromatic heterocycles. The van der Waals surface area contributed by atoms with E-state index in [1.54, 1.807) is 6.07 Å². The highest BCUT2D eigenvalue weighted by molar-refractivity contribution is 9.10. The number of benzene rings is 1. The van der Waals surface area contributed by atoms with E-state index >= 15 is 0 Å². The van der Waals surface area contributed by atoms with Crippen LogP contribution >= 0.6 is 15.9 Å². The fraction of sp³-hybridized carbons (Fsp3) is 0.125. The molecule has 0 aliphatic rings. The molecule has 0 saturated carbocycles. The van der Waals surface area contributed by atoms with Crippen LogP contribution in [0.4, 0.5) is 8.78 Å². The lowest BCUT2D eigenvalue weighted by atomic mass is 10.1. The zero-order chi connectivity index (χ0) is 10.9. The number of phenolic OH excluding ortho intramolecular Hbond substituents is 1. The smallest absolute Gasteiger partial charge is 0.201 e. The molecule has 0 aliphatic carbocycles. The molecule has 1 unspecified atom stereocenters. The molecule has 74 valence electrons. The van der Waals surface area contributed by atoms with Crippen molar-refractivity contribution in [3.05, 3.63) is 27.7 Å². The van der Waals surface area contributed by atoms with Crippen LogP contribution in [0.5, 0.6) is 5.75 Å². The Bertz CT molecular complexity index is 417. The minimum Gasteiger partial charge on any atom is -0.504 e. The van der Waals surface area contributed by atoms with E-state index in [2.05, 4.69) is 15.9 Å². The lowest BCUT2D eigenvalue weighted by molar-refractivity contribution is 0.398. The first-order valence-corrected chi connectivity index (χ1v) is 4.30. The van der Waals surface area contributed by atoms with E-state index in [0.29, 0.717) is 0 Å². The van der Waals surface area contributed by atoms with E-state index in [-0.39, 0.29) is 10.0 Å². The number of phenols is 1. The number of hydrogen-bond acceptors (Lipinski definition) is 3. The minimum absolute atomic E-state index is 0.154. The number of nitriles is 1. The number of nitrogens with two attached hydrogens (primary N) is 1. The molecule has 0 spiro atoms. The second-order valence-corrected chi connectivity index (χ2v) is 3.39. The van der Waals surface area contributed by atoms with Gasteiger partial charge in [0.25, 0.3) is 0 Å². The van der Waals surface area contributed by atoms with E-state index < -0.39 is 23.4 Å². The normalized spacial score (nSPS) is 12.2. The van der Waals surface area contributed by atoms with Crippen LogP contribution < -0.4 is 5.73 Å². The van der Waals surface area contributed by atoms with Crippen molar-refractivity contribution in [1.82, 2.24) is 0 Å². The fourth-order valence-electron chi connectivity index (χ4n) is 0.910. The molecule has 14 heavy (non-hydrogen) atoms. The average molecular weight is 263 g/mol. The van der Waals surface area contributed by atoms with E-state index in [1.165, 1.54) is 0 Å². The van der Waals surface area contributed by atoms with Crippen LogP contribution in [0, 0.1) is 23.0 Å². The standard InChI is InChI=1S/C8H5BrF2N2O/c9-4-1-3(5(13)2-12)8(14)7(11)6(4)10/h1,5,14H,13H2. The summed E-state index contributed by atoms with van der Waals surface area (Å²) < 4.78 is 25.6. The van der Waals surface area contributed by atoms with Gasteiger partial charge in [0.15, 0.2) is 11.6 Å². The topological polar surface area (TPSA) is 70.0 Å². The third-order valence-electron chi connectivity index (χ3n) is 1.64. The van der Waals surface area contributed by atoms with Gasteiger partial charge in [0.05, 0.1) is 10.5 Å². The molecule has 1 aromatic rings. The predicted molar refractivity (Wildman–Crippen MR) is 48.3 cm³/mol. The fourth-order valence-corrected chi connectivity index (χ4v) is 1.33. The van der Waals surface area contributed by atoms with Gasteiger partial charge in [-0.2, -0.15) is 9.65 Å². The van der Waals surface area contributed by atoms with Crippen LogP contribution in [0.25, 0.3) is 0 Å². The first kappa shape index (κ1) is 10.9. The quantitative estimate of drug-likeness (QED) is 0.761. The van der Waals surface area contributed by atoms with Gasteiger partial charge in [0, 0.05) is 5.56 Å². The maximum atomic E-state index is 12.9. The molecule has 1 aromatic carbocycles. The summed E-state index contributed by atoms with van der Waals surface area (Å²) in [5.74, 6) is -3.56. The van der Waals surface area contributed by atoms with Crippen LogP contribution in [0.1, 0.15) is 11.6 Å². The van der Waals surface area contributed by atoms with Crippen LogP contribution in [0.3, 0.4) is 0 Å². The Morgan fingerprint density at radius 3 is 2.57 bits per heavy atom. The highest BCUT2D eigenvalue weighted by Crippen LogP contribution is 2.32. The lowest BCUT2D eigenvalue weighted by Crippen LogP contribution is -2.09. The largest absolute Gasteiger partial charge is 0.504 e. The number of halogens is 3. The Labute approximate surface area is 86.9 Å². The molecule has 1 rings (SSSR count). The van der Waals surface area contributed by atoms with Crippen molar-refractivity contribution in [2.75, 3.05) is 0 Å². The van der Waals surface area contributed by atoms with E-state index in [4.69, 9.17) is 16.1 Å². The Hall–Kier alpha value is -1.19. The van der Waals surface area contributed by atoms with Crippen molar-refractivity contribution in [1.29, 1.82) is 5.26 Å². The van der Waals surface area contributed by atoms with Crippen molar-refractivity contribution in [2.45, 2.75) is 6.04 Å². The van der Waals surface area contributed by atoms with Gasteiger partial charge in [-0.15, -0.1) is 0 Å². The summed E-state index contributed by atoms with van der Waals surface area (Å²) in [7, 11) is 0. The van der Waals surface area contributed by atoms with Gasteiger partial charge in [-0.05, 0) is 22.0 Å². The number of nitrogens with zero attached hydrogens (tertiary/aromatic N) is 1. The molecule has 0 fully saturated rings. The lowest BCUT2D eigenvalue weighted by Gasteiger charge is -2.08. The Morgan fingerprint density at radius 1 is 1.50 bits per heavy atom. The first-order valence-electron chi connectivity index (χ1n) is 3.50. The molecular formula is C8H5BrF2N2O. The molecule has 0 aliphatic heterocycles. The van der Waals surface area contributed by atoms with Crippen molar-refractivity contribution >= 4 is 15.9 Å². The van der Waals surface area contributed by atoms with Crippen molar-refractivity contribution in [2.24, 2.45) is 5.73 Å². The summed E-state index contributed by atoms with van der Waals surface area (Å²) >= 11 is 2.74. The molecule has 1 atom stereocenters. The maximum Gasteiger partial charge on any atom is 0.201 e. The summed E-state index contributed by atoms with van der Waals surface area (Å²) in [5, 5.41) is 17.6. The molecule has 6 heteroatoms. The van der Waals surface area contributed by atoms with E-state index in [1.807, 2.05) is 0 Å². The second-order valence-electron chi connectivity index (χ2n) is 2.53. The molecule has 3 N–H and O–H groups in total. The second kappa shape index (κ2) is 3.90. The Kier molecular flexibility index (Phi) is 3.03. The monoisotopic (exact) mass is 262 g/mol. The zero-order valence-corrected chi connectivity index (χ0v) is 8.35. The zero-order valence-electron chi connectivity index (χ0n) is 6.76. The van der Waals surface area contributed by atoms with Gasteiger partial charge in [-0.3, -0.25) is 0 Å². The van der Waals surface area contributed by atoms with Gasteiger partial charge in [0.2, 0.25) is 5.82 Å². The highest BCUT2D eigenvalue weighted by Gasteiger charge is 2.20. The van der Waals surface area contributed by atoms with Crippen LogP contribution in [0.2, 0.25) is 0 Å². The van der Waals surface area contributed by atoms with E-state index in [9.17, 15) is 8.78 Å². The van der Waals surface area contributed by atoms with Crippen molar-refractivity contribution in [3.8, 4) is 11.8 Å². The van der Waals surface area contributed by atoms with Gasteiger partial charge in [0.1, 0.15) is 6.04 Å². The molecule has 0 heterocycles. The van der Waals surface area contributed by atoms with Crippen molar-refractivity contribution < 1.29 is 13.9 Å². The van der Waals surface area contributed by atoms with Gasteiger partial charge < -0.3 is 10.8 Å². The third kappa shape index (κ3) is 1.69. The summed E-state index contributed by atoms with van der Waals surface area (Å²) in [6.07, 6.45) is 0. The molecule has 0 amide bonds. The highest BCUT2D eigenvalue weighted by atomic mass is 79.9. The van der Waals surface area contributed by atoms with Crippen LogP contribution in [0.15, 0.2) is 10.5 Å². The number of aromatic hydroxyl groups is 1. The number of hydrogen-bond donors (Lipinski definition) is 2. The Balaban J connectivity index is 3.42. The molecule has 0 saturated heterocycles. The number of rotatable bonds is 1. The van der Waals surface area contributed by atoms with Crippen LogP contribution in [-0.4, -0.2) is 5.11 Å². The maximum absolute atomic E-state index is 12.9. The predicted octanol–water partition coefficient (Wildman–Crippen LogP) is 1.96. The average Bonchev–Trinajstić information content (AvgIpc) is 2.19. The van der Waals surface area contributed by atoms with E-state index in [0.717, 1.165) is 6.07 Å². The summed E-state index contributed by atoms with van der Waals surface area (Å²) in [6, 6.07) is 1.48. The molecule has 3 nitrogen and oxygen atoms in total. The van der Waals surface area contributed by atoms with Gasteiger partial charge in [-0.25, -0.2) is 4.39 Å². The van der Waals surface area contributed by atoms with Gasteiger partial charge >= 0.3 is 0 Å². The Morgan fingerprint density at radius 2 is 2.07 bits per heavy atom. The summed E-state index contributed by atoms with van der Waals surface area (Å²) in [6.45, 7) is 0. The van der Waals surface area contributed by atoms with Crippen LogP contribution in [-0.2, 0) is 0 Å². The molecule has 0 radical (unpaired) electrons. The molecular weight excluding hydrogens is 258 g/mol. The third-order valence-corrected chi connectivity index (χ3v) is 2.22. The summed E-state index contributed by atoms with van der Waals surface area (Å²) in [5.41, 5.74) is 5.10. The first-order chi connectivity index (χ1) is 6.49. The molecule has 0 bridgehead atoms. The minimum atomic E-state index is -1.42. The summed E-state index contributed by atoms with van der Waals surface area (Å²) in [4.78, 5) is 0. The SMILES string of the molecule is N#CC(N)c1cc(Br)c(F)c(F)c1O.